The second kappa shape index (κ2) is 13.9. The molecule has 1 atom stereocenters. The number of sulfonamides is 1. The summed E-state index contributed by atoms with van der Waals surface area (Å²) in [6.45, 7) is 5.40. The highest BCUT2D eigenvalue weighted by molar-refractivity contribution is 7.92. The Hall–Kier alpha value is -3.27. The first-order valence-electron chi connectivity index (χ1n) is 12.7. The van der Waals surface area contributed by atoms with E-state index >= 15 is 0 Å². The van der Waals surface area contributed by atoms with Crippen molar-refractivity contribution in [3.05, 3.63) is 88.4 Å². The quantitative estimate of drug-likeness (QED) is 0.299. The third-order valence-electron chi connectivity index (χ3n) is 6.14. The lowest BCUT2D eigenvalue weighted by molar-refractivity contribution is -0.139. The Balaban J connectivity index is 2.03. The number of methoxy groups -OCH3 is 1. The van der Waals surface area contributed by atoms with Gasteiger partial charge in [0.25, 0.3) is 10.0 Å². The van der Waals surface area contributed by atoms with Crippen molar-refractivity contribution in [2.45, 2.75) is 38.3 Å². The molecule has 8 nitrogen and oxygen atoms in total. The summed E-state index contributed by atoms with van der Waals surface area (Å²) in [6, 6.07) is 18.3. The predicted molar refractivity (Wildman–Crippen MR) is 158 cm³/mol. The number of hydrogen-bond acceptors (Lipinski definition) is 5. The van der Waals surface area contributed by atoms with Crippen LogP contribution in [0.15, 0.2) is 77.7 Å². The summed E-state index contributed by atoms with van der Waals surface area (Å²) >= 11 is 12.3. The summed E-state index contributed by atoms with van der Waals surface area (Å²) in [5.74, 6) is -0.316. The number of amides is 2. The molecule has 0 aliphatic heterocycles. The van der Waals surface area contributed by atoms with Crippen molar-refractivity contribution in [2.75, 3.05) is 24.5 Å². The molecule has 40 heavy (non-hydrogen) atoms. The van der Waals surface area contributed by atoms with Crippen LogP contribution in [0.2, 0.25) is 10.0 Å². The van der Waals surface area contributed by atoms with Gasteiger partial charge in [-0.1, -0.05) is 67.4 Å². The SMILES string of the molecule is COc1cccc(N(CC(=O)N(Cc2ccc(Cl)c(Cl)c2)C(C)C(=O)NCC(C)C)S(=O)(=O)c2ccccc2)c1. The first-order chi connectivity index (χ1) is 18.9. The molecular formula is C29H33Cl2N3O5S. The minimum atomic E-state index is -4.17. The highest BCUT2D eigenvalue weighted by Gasteiger charge is 2.32. The normalized spacial score (nSPS) is 12.1. The van der Waals surface area contributed by atoms with E-state index in [2.05, 4.69) is 5.32 Å². The van der Waals surface area contributed by atoms with Gasteiger partial charge in [0, 0.05) is 19.2 Å². The maximum Gasteiger partial charge on any atom is 0.264 e. The van der Waals surface area contributed by atoms with E-state index in [1.54, 1.807) is 61.5 Å². The van der Waals surface area contributed by atoms with Gasteiger partial charge in [-0.3, -0.25) is 13.9 Å². The largest absolute Gasteiger partial charge is 0.497 e. The fourth-order valence-corrected chi connectivity index (χ4v) is 5.63. The molecule has 3 rings (SSSR count). The fraction of sp³-hybridized carbons (Fsp3) is 0.310. The lowest BCUT2D eigenvalue weighted by Crippen LogP contribution is -2.51. The highest BCUT2D eigenvalue weighted by Crippen LogP contribution is 2.28. The Morgan fingerprint density at radius 1 is 0.925 bits per heavy atom. The minimum Gasteiger partial charge on any atom is -0.497 e. The lowest BCUT2D eigenvalue weighted by Gasteiger charge is -2.32. The molecule has 0 radical (unpaired) electrons. The number of nitrogens with zero attached hydrogens (tertiary/aromatic N) is 2. The van der Waals surface area contributed by atoms with E-state index in [4.69, 9.17) is 27.9 Å². The Morgan fingerprint density at radius 2 is 1.62 bits per heavy atom. The molecule has 1 N–H and O–H groups in total. The van der Waals surface area contributed by atoms with Gasteiger partial charge in [-0.25, -0.2) is 8.42 Å². The monoisotopic (exact) mass is 605 g/mol. The number of carbonyl (C=O) groups is 2. The zero-order valence-corrected chi connectivity index (χ0v) is 25.1. The van der Waals surface area contributed by atoms with Crippen LogP contribution in [0.1, 0.15) is 26.3 Å². The number of ether oxygens (including phenoxy) is 1. The number of benzene rings is 3. The van der Waals surface area contributed by atoms with Crippen LogP contribution in [0.4, 0.5) is 5.69 Å². The van der Waals surface area contributed by atoms with Crippen molar-refractivity contribution in [1.29, 1.82) is 0 Å². The summed E-state index contributed by atoms with van der Waals surface area (Å²) in [4.78, 5) is 28.4. The first-order valence-corrected chi connectivity index (χ1v) is 14.9. The van der Waals surface area contributed by atoms with Gasteiger partial charge in [-0.05, 0) is 54.8 Å². The van der Waals surface area contributed by atoms with E-state index < -0.39 is 28.5 Å². The van der Waals surface area contributed by atoms with Gasteiger partial charge in [-0.2, -0.15) is 0 Å². The van der Waals surface area contributed by atoms with Crippen LogP contribution in [0, 0.1) is 5.92 Å². The van der Waals surface area contributed by atoms with Crippen molar-refractivity contribution in [3.8, 4) is 5.75 Å². The number of rotatable bonds is 12. The molecule has 11 heteroatoms. The molecule has 214 valence electrons. The highest BCUT2D eigenvalue weighted by atomic mass is 35.5. The summed E-state index contributed by atoms with van der Waals surface area (Å²) in [7, 11) is -2.70. The van der Waals surface area contributed by atoms with Gasteiger partial charge in [0.05, 0.1) is 27.7 Å². The maximum absolute atomic E-state index is 13.9. The van der Waals surface area contributed by atoms with Gasteiger partial charge in [0.15, 0.2) is 0 Å². The van der Waals surface area contributed by atoms with Crippen LogP contribution in [-0.2, 0) is 26.2 Å². The number of halogens is 2. The van der Waals surface area contributed by atoms with E-state index in [1.807, 2.05) is 13.8 Å². The minimum absolute atomic E-state index is 0.00330. The van der Waals surface area contributed by atoms with Crippen molar-refractivity contribution in [1.82, 2.24) is 10.2 Å². The average molecular weight is 607 g/mol. The van der Waals surface area contributed by atoms with Crippen LogP contribution in [-0.4, -0.2) is 51.4 Å². The van der Waals surface area contributed by atoms with E-state index in [1.165, 1.54) is 30.2 Å². The second-order valence-electron chi connectivity index (χ2n) is 9.61. The van der Waals surface area contributed by atoms with Gasteiger partial charge in [0.2, 0.25) is 11.8 Å². The molecule has 1 unspecified atom stereocenters. The predicted octanol–water partition coefficient (Wildman–Crippen LogP) is 5.39. The smallest absolute Gasteiger partial charge is 0.264 e. The number of anilines is 1. The summed E-state index contributed by atoms with van der Waals surface area (Å²) in [5.41, 5.74) is 0.869. The molecule has 0 aliphatic rings. The molecule has 0 spiro atoms. The molecular weight excluding hydrogens is 573 g/mol. The molecule has 0 bridgehead atoms. The van der Waals surface area contributed by atoms with Crippen molar-refractivity contribution in [2.24, 2.45) is 5.92 Å². The van der Waals surface area contributed by atoms with E-state index in [9.17, 15) is 18.0 Å². The van der Waals surface area contributed by atoms with Crippen LogP contribution < -0.4 is 14.4 Å². The topological polar surface area (TPSA) is 96.0 Å². The van der Waals surface area contributed by atoms with Crippen molar-refractivity contribution >= 4 is 50.7 Å². The van der Waals surface area contributed by atoms with Gasteiger partial charge < -0.3 is 15.0 Å². The summed E-state index contributed by atoms with van der Waals surface area (Å²) < 4.78 is 34.0. The molecule has 0 aliphatic carbocycles. The van der Waals surface area contributed by atoms with Crippen LogP contribution >= 0.6 is 23.2 Å². The molecule has 3 aromatic rings. The number of hydrogen-bond donors (Lipinski definition) is 1. The van der Waals surface area contributed by atoms with Crippen LogP contribution in [0.3, 0.4) is 0 Å². The molecule has 0 aromatic heterocycles. The van der Waals surface area contributed by atoms with Gasteiger partial charge in [-0.15, -0.1) is 0 Å². The molecule has 3 aromatic carbocycles. The second-order valence-corrected chi connectivity index (χ2v) is 12.3. The summed E-state index contributed by atoms with van der Waals surface area (Å²) in [5, 5.41) is 3.50. The van der Waals surface area contributed by atoms with E-state index in [-0.39, 0.29) is 29.0 Å². The van der Waals surface area contributed by atoms with Crippen LogP contribution in [0.25, 0.3) is 0 Å². The molecule has 2 amide bonds. The maximum atomic E-state index is 13.9. The van der Waals surface area contributed by atoms with Gasteiger partial charge in [0.1, 0.15) is 18.3 Å². The Labute approximate surface area is 245 Å². The standard InChI is InChI=1S/C29H33Cl2N3O5S/c1-20(2)17-32-29(36)21(3)33(18-22-13-14-26(30)27(31)15-22)28(35)19-34(23-9-8-10-24(16-23)39-4)40(37,38)25-11-6-5-7-12-25/h5-16,20-21H,17-19H2,1-4H3,(H,32,36). The first kappa shape index (κ1) is 31.3. The molecule has 0 heterocycles. The third-order valence-corrected chi connectivity index (χ3v) is 8.67. The Morgan fingerprint density at radius 3 is 2.25 bits per heavy atom. The van der Waals surface area contributed by atoms with E-state index in [0.717, 1.165) is 4.31 Å². The van der Waals surface area contributed by atoms with Gasteiger partial charge >= 0.3 is 0 Å². The van der Waals surface area contributed by atoms with Crippen molar-refractivity contribution in [3.63, 3.8) is 0 Å². The number of carbonyl (C=O) groups excluding carboxylic acids is 2. The Kier molecular flexibility index (Phi) is 10.8. The fourth-order valence-electron chi connectivity index (χ4n) is 3.88. The average Bonchev–Trinajstić information content (AvgIpc) is 2.95. The van der Waals surface area contributed by atoms with Crippen molar-refractivity contribution < 1.29 is 22.7 Å². The molecule has 0 fully saturated rings. The number of nitrogens with one attached hydrogen (secondary N) is 1. The summed E-state index contributed by atoms with van der Waals surface area (Å²) in [6.07, 6.45) is 0. The zero-order chi connectivity index (χ0) is 29.4. The Bertz CT molecular complexity index is 1430. The zero-order valence-electron chi connectivity index (χ0n) is 22.8. The third kappa shape index (κ3) is 7.90. The molecule has 0 saturated heterocycles. The lowest BCUT2D eigenvalue weighted by atomic mass is 10.1. The van der Waals surface area contributed by atoms with E-state index in [0.29, 0.717) is 27.9 Å². The molecule has 0 saturated carbocycles. The van der Waals surface area contributed by atoms with Crippen LogP contribution in [0.5, 0.6) is 5.75 Å².